The summed E-state index contributed by atoms with van der Waals surface area (Å²) in [5.74, 6) is 0.816. The SMILES string of the molecule is C[C@@H]1CCCC[C@@H]1[NH2+]CC(=O)NC(c1ccccc1)c1ccccc1. The van der Waals surface area contributed by atoms with Crippen molar-refractivity contribution in [2.45, 2.75) is 44.7 Å². The molecule has 0 unspecified atom stereocenters. The van der Waals surface area contributed by atoms with E-state index in [4.69, 9.17) is 0 Å². The number of carbonyl (C=O) groups is 1. The van der Waals surface area contributed by atoms with Gasteiger partial charge in [0, 0.05) is 5.92 Å². The smallest absolute Gasteiger partial charge is 0.275 e. The summed E-state index contributed by atoms with van der Waals surface area (Å²) in [6.07, 6.45) is 5.15. The van der Waals surface area contributed by atoms with Gasteiger partial charge in [-0.05, 0) is 30.4 Å². The highest BCUT2D eigenvalue weighted by Crippen LogP contribution is 2.22. The van der Waals surface area contributed by atoms with Crippen molar-refractivity contribution in [1.82, 2.24) is 5.32 Å². The first-order valence-corrected chi connectivity index (χ1v) is 9.46. The third-order valence-corrected chi connectivity index (χ3v) is 5.35. The van der Waals surface area contributed by atoms with E-state index in [1.54, 1.807) is 0 Å². The number of amides is 1. The third kappa shape index (κ3) is 4.93. The van der Waals surface area contributed by atoms with E-state index in [9.17, 15) is 4.79 Å². The van der Waals surface area contributed by atoms with Crippen molar-refractivity contribution in [3.63, 3.8) is 0 Å². The van der Waals surface area contributed by atoms with Gasteiger partial charge in [0.2, 0.25) is 0 Å². The summed E-state index contributed by atoms with van der Waals surface area (Å²) in [5, 5.41) is 5.48. The van der Waals surface area contributed by atoms with Crippen LogP contribution in [0.1, 0.15) is 49.8 Å². The fraction of sp³-hybridized carbons (Fsp3) is 0.409. The number of carbonyl (C=O) groups excluding carboxylic acids is 1. The maximum Gasteiger partial charge on any atom is 0.275 e. The third-order valence-electron chi connectivity index (χ3n) is 5.35. The number of hydrogen-bond acceptors (Lipinski definition) is 1. The van der Waals surface area contributed by atoms with Crippen molar-refractivity contribution in [3.05, 3.63) is 71.8 Å². The molecule has 3 N–H and O–H groups in total. The lowest BCUT2D eigenvalue weighted by molar-refractivity contribution is -0.687. The second kappa shape index (κ2) is 8.82. The molecule has 0 radical (unpaired) electrons. The molecule has 0 aromatic heterocycles. The van der Waals surface area contributed by atoms with E-state index in [2.05, 4.69) is 41.8 Å². The van der Waals surface area contributed by atoms with Gasteiger partial charge in [-0.2, -0.15) is 0 Å². The molecule has 0 spiro atoms. The zero-order valence-electron chi connectivity index (χ0n) is 15.0. The highest BCUT2D eigenvalue weighted by atomic mass is 16.2. The van der Waals surface area contributed by atoms with Crippen molar-refractivity contribution in [3.8, 4) is 0 Å². The van der Waals surface area contributed by atoms with Gasteiger partial charge < -0.3 is 10.6 Å². The van der Waals surface area contributed by atoms with Crippen molar-refractivity contribution >= 4 is 5.91 Å². The number of benzene rings is 2. The molecule has 1 aliphatic carbocycles. The number of hydrogen-bond donors (Lipinski definition) is 2. The van der Waals surface area contributed by atoms with Gasteiger partial charge in [-0.25, -0.2) is 0 Å². The Morgan fingerprint density at radius 1 is 1.00 bits per heavy atom. The molecule has 3 nitrogen and oxygen atoms in total. The van der Waals surface area contributed by atoms with Gasteiger partial charge in [-0.3, -0.25) is 4.79 Å². The lowest BCUT2D eigenvalue weighted by Crippen LogP contribution is -2.93. The molecule has 132 valence electrons. The molecular weight excluding hydrogens is 308 g/mol. The molecule has 1 aliphatic rings. The van der Waals surface area contributed by atoms with Gasteiger partial charge in [0.05, 0.1) is 12.1 Å². The second-order valence-electron chi connectivity index (χ2n) is 7.19. The maximum atomic E-state index is 12.6. The topological polar surface area (TPSA) is 45.7 Å². The van der Waals surface area contributed by atoms with Crippen LogP contribution in [-0.2, 0) is 4.79 Å². The van der Waals surface area contributed by atoms with Gasteiger partial charge in [0.15, 0.2) is 6.54 Å². The van der Waals surface area contributed by atoms with Crippen LogP contribution in [0.3, 0.4) is 0 Å². The van der Waals surface area contributed by atoms with Crippen LogP contribution in [0, 0.1) is 5.92 Å². The summed E-state index contributed by atoms with van der Waals surface area (Å²) in [7, 11) is 0. The van der Waals surface area contributed by atoms with Gasteiger partial charge >= 0.3 is 0 Å². The molecule has 2 aromatic carbocycles. The minimum Gasteiger partial charge on any atom is -0.340 e. The van der Waals surface area contributed by atoms with E-state index >= 15 is 0 Å². The molecule has 3 rings (SSSR count). The fourth-order valence-corrected chi connectivity index (χ4v) is 3.82. The Morgan fingerprint density at radius 3 is 2.12 bits per heavy atom. The molecule has 0 saturated heterocycles. The van der Waals surface area contributed by atoms with Crippen LogP contribution in [-0.4, -0.2) is 18.5 Å². The molecule has 25 heavy (non-hydrogen) atoms. The van der Waals surface area contributed by atoms with E-state index in [1.807, 2.05) is 36.4 Å². The quantitative estimate of drug-likeness (QED) is 0.836. The summed E-state index contributed by atoms with van der Waals surface area (Å²) in [4.78, 5) is 12.6. The number of nitrogens with two attached hydrogens (primary N) is 1. The predicted octanol–water partition coefficient (Wildman–Crippen LogP) is 3.03. The Kier molecular flexibility index (Phi) is 6.24. The normalized spacial score (nSPS) is 20.4. The summed E-state index contributed by atoms with van der Waals surface area (Å²) in [6.45, 7) is 2.82. The number of quaternary nitrogens is 1. The Hall–Kier alpha value is -2.13. The number of rotatable bonds is 6. The van der Waals surface area contributed by atoms with Crippen LogP contribution in [0.15, 0.2) is 60.7 Å². The van der Waals surface area contributed by atoms with Crippen molar-refractivity contribution < 1.29 is 10.1 Å². The van der Waals surface area contributed by atoms with Crippen LogP contribution >= 0.6 is 0 Å². The van der Waals surface area contributed by atoms with Gasteiger partial charge in [0.25, 0.3) is 5.91 Å². The Morgan fingerprint density at radius 2 is 1.56 bits per heavy atom. The first-order valence-electron chi connectivity index (χ1n) is 9.46. The van der Waals surface area contributed by atoms with E-state index < -0.39 is 0 Å². The van der Waals surface area contributed by atoms with Crippen LogP contribution in [0.2, 0.25) is 0 Å². The first-order chi connectivity index (χ1) is 12.2. The van der Waals surface area contributed by atoms with E-state index in [-0.39, 0.29) is 11.9 Å². The Balaban J connectivity index is 1.65. The minimum atomic E-state index is -0.0907. The zero-order chi connectivity index (χ0) is 17.5. The zero-order valence-corrected chi connectivity index (χ0v) is 15.0. The lowest BCUT2D eigenvalue weighted by atomic mass is 9.86. The molecule has 2 aromatic rings. The summed E-state index contributed by atoms with van der Waals surface area (Å²) >= 11 is 0. The lowest BCUT2D eigenvalue weighted by Gasteiger charge is -2.27. The maximum absolute atomic E-state index is 12.6. The fourth-order valence-electron chi connectivity index (χ4n) is 3.82. The molecule has 0 heterocycles. The number of nitrogens with one attached hydrogen (secondary N) is 1. The Bertz CT molecular complexity index is 617. The molecule has 0 bridgehead atoms. The largest absolute Gasteiger partial charge is 0.340 e. The summed E-state index contributed by atoms with van der Waals surface area (Å²) < 4.78 is 0. The van der Waals surface area contributed by atoms with Crippen molar-refractivity contribution in [2.75, 3.05) is 6.54 Å². The Labute approximate surface area is 150 Å². The standard InChI is InChI=1S/C22H28N2O/c1-17-10-8-9-15-20(17)23-16-21(25)24-22(18-11-4-2-5-12-18)19-13-6-3-7-14-19/h2-7,11-14,17,20,22-23H,8-10,15-16H2,1H3,(H,24,25)/p+1/t17-,20+/m1/s1. The van der Waals surface area contributed by atoms with E-state index in [1.165, 1.54) is 25.7 Å². The monoisotopic (exact) mass is 337 g/mol. The average Bonchev–Trinajstić information content (AvgIpc) is 2.67. The molecular formula is C22H29N2O+. The van der Waals surface area contributed by atoms with Crippen LogP contribution in [0.4, 0.5) is 0 Å². The van der Waals surface area contributed by atoms with Gasteiger partial charge in [0.1, 0.15) is 0 Å². The highest BCUT2D eigenvalue weighted by Gasteiger charge is 2.25. The van der Waals surface area contributed by atoms with Gasteiger partial charge in [-0.1, -0.05) is 74.0 Å². The van der Waals surface area contributed by atoms with Gasteiger partial charge in [-0.15, -0.1) is 0 Å². The first kappa shape index (κ1) is 17.7. The molecule has 3 heteroatoms. The predicted molar refractivity (Wildman–Crippen MR) is 101 cm³/mol. The molecule has 1 saturated carbocycles. The molecule has 1 fully saturated rings. The van der Waals surface area contributed by atoms with Crippen molar-refractivity contribution in [1.29, 1.82) is 0 Å². The molecule has 2 atom stereocenters. The van der Waals surface area contributed by atoms with Crippen LogP contribution in [0.25, 0.3) is 0 Å². The van der Waals surface area contributed by atoms with Crippen molar-refractivity contribution in [2.24, 2.45) is 5.92 Å². The van der Waals surface area contributed by atoms with E-state index in [0.717, 1.165) is 11.1 Å². The molecule has 1 amide bonds. The average molecular weight is 337 g/mol. The minimum absolute atomic E-state index is 0.0907. The van der Waals surface area contributed by atoms with Crippen LogP contribution in [0.5, 0.6) is 0 Å². The molecule has 0 aliphatic heterocycles. The summed E-state index contributed by atoms with van der Waals surface area (Å²) in [6, 6.07) is 20.9. The van der Waals surface area contributed by atoms with E-state index in [0.29, 0.717) is 18.5 Å². The summed E-state index contributed by atoms with van der Waals surface area (Å²) in [5.41, 5.74) is 2.24. The second-order valence-corrected chi connectivity index (χ2v) is 7.19. The highest BCUT2D eigenvalue weighted by molar-refractivity contribution is 5.77. The van der Waals surface area contributed by atoms with Crippen LogP contribution < -0.4 is 10.6 Å².